The monoisotopic (exact) mass is 602 g/mol. The van der Waals surface area contributed by atoms with E-state index in [-0.39, 0.29) is 0 Å². The molecule has 34 heavy (non-hydrogen) atoms. The van der Waals surface area contributed by atoms with Crippen LogP contribution in [0.2, 0.25) is 48.7 Å². The second kappa shape index (κ2) is 13.4. The van der Waals surface area contributed by atoms with Gasteiger partial charge in [-0.2, -0.15) is 0 Å². The Kier molecular flexibility index (Phi) is 12.6. The molecular formula is C30H55BSi2Sn. The Morgan fingerprint density at radius 3 is 1.50 bits per heavy atom. The molecule has 1 heterocycles. The minimum atomic E-state index is -2.76. The van der Waals surface area contributed by atoms with Crippen LogP contribution in [-0.4, -0.2) is 41.2 Å². The van der Waals surface area contributed by atoms with Gasteiger partial charge >= 0.3 is 223 Å². The summed E-state index contributed by atoms with van der Waals surface area (Å²) in [5, 5.41) is 0. The van der Waals surface area contributed by atoms with E-state index < -0.39 is 34.5 Å². The molecular weight excluding hydrogens is 546 g/mol. The van der Waals surface area contributed by atoms with Gasteiger partial charge < -0.3 is 0 Å². The molecule has 0 bridgehead atoms. The van der Waals surface area contributed by atoms with E-state index in [1.54, 1.807) is 5.57 Å². The van der Waals surface area contributed by atoms with Crippen molar-refractivity contribution >= 4 is 41.2 Å². The SMILES string of the molecule is CCB(CC)C1=[C]([Si](C)(C)C#CCCC(C)C)[Sn]([CH3])([CH3])[C]([Si](C)(C)C#CCCC(C)C)=C1CC. The second-order valence-corrected chi connectivity index (χ2v) is 35.8. The number of hydrogen-bond acceptors (Lipinski definition) is 0. The first kappa shape index (κ1) is 31.9. The molecule has 0 N–H and O–H groups in total. The maximum absolute atomic E-state index is 3.96. The van der Waals surface area contributed by atoms with Gasteiger partial charge in [-0.05, 0) is 0 Å². The molecule has 0 aliphatic carbocycles. The zero-order valence-electron chi connectivity index (χ0n) is 25.2. The fourth-order valence-corrected chi connectivity index (χ4v) is 50.0. The predicted molar refractivity (Wildman–Crippen MR) is 167 cm³/mol. The van der Waals surface area contributed by atoms with Crippen molar-refractivity contribution in [2.24, 2.45) is 11.8 Å². The second-order valence-electron chi connectivity index (χ2n) is 12.9. The summed E-state index contributed by atoms with van der Waals surface area (Å²) in [4.78, 5) is 5.47. The van der Waals surface area contributed by atoms with E-state index in [9.17, 15) is 0 Å². The first-order valence-electron chi connectivity index (χ1n) is 14.2. The van der Waals surface area contributed by atoms with E-state index in [0.29, 0.717) is 6.71 Å². The Balaban J connectivity index is 3.70. The van der Waals surface area contributed by atoms with Crippen molar-refractivity contribution in [2.75, 3.05) is 0 Å². The Morgan fingerprint density at radius 2 is 1.15 bits per heavy atom. The molecule has 1 aliphatic heterocycles. The number of hydrogen-bond donors (Lipinski definition) is 0. The molecule has 0 atom stereocenters. The number of allylic oxidation sites excluding steroid dienone is 2. The van der Waals surface area contributed by atoms with Gasteiger partial charge in [0.15, 0.2) is 0 Å². The average Bonchev–Trinajstić information content (AvgIpc) is 2.97. The van der Waals surface area contributed by atoms with Gasteiger partial charge in [0.05, 0.1) is 0 Å². The Morgan fingerprint density at radius 1 is 0.735 bits per heavy atom. The third-order valence-corrected chi connectivity index (χ3v) is 40.2. The van der Waals surface area contributed by atoms with Crippen LogP contribution in [0.5, 0.6) is 0 Å². The van der Waals surface area contributed by atoms with Crippen molar-refractivity contribution in [1.82, 2.24) is 0 Å². The summed E-state index contributed by atoms with van der Waals surface area (Å²) in [6.45, 7) is 27.5. The first-order valence-corrected chi connectivity index (χ1v) is 28.7. The van der Waals surface area contributed by atoms with E-state index >= 15 is 0 Å². The molecule has 0 spiro atoms. The van der Waals surface area contributed by atoms with Crippen LogP contribution in [-0.2, 0) is 0 Å². The van der Waals surface area contributed by atoms with Crippen LogP contribution in [0.25, 0.3) is 0 Å². The molecule has 190 valence electrons. The fourth-order valence-electron chi connectivity index (χ4n) is 6.33. The number of rotatable bonds is 10. The first-order chi connectivity index (χ1) is 15.7. The molecule has 0 amide bonds. The normalized spacial score (nSPS) is 16.1. The van der Waals surface area contributed by atoms with Crippen LogP contribution in [0.4, 0.5) is 0 Å². The van der Waals surface area contributed by atoms with Crippen LogP contribution >= 0.6 is 0 Å². The minimum absolute atomic E-state index is 0.696. The summed E-state index contributed by atoms with van der Waals surface area (Å²) in [5.41, 5.74) is 11.5. The van der Waals surface area contributed by atoms with Crippen molar-refractivity contribution < 1.29 is 0 Å². The summed E-state index contributed by atoms with van der Waals surface area (Å²) in [5.74, 6) is 8.83. The van der Waals surface area contributed by atoms with Crippen molar-refractivity contribution in [3.8, 4) is 22.9 Å². The van der Waals surface area contributed by atoms with Crippen LogP contribution in [0, 0.1) is 34.8 Å². The van der Waals surface area contributed by atoms with Gasteiger partial charge in [0.2, 0.25) is 0 Å². The quantitative estimate of drug-likeness (QED) is 0.173. The van der Waals surface area contributed by atoms with Crippen LogP contribution in [0.3, 0.4) is 0 Å². The summed E-state index contributed by atoms with van der Waals surface area (Å²) in [6, 6.07) is 0. The Hall–Kier alpha value is -0.103. The summed E-state index contributed by atoms with van der Waals surface area (Å²) < 4.78 is 3.88. The van der Waals surface area contributed by atoms with Crippen molar-refractivity contribution in [1.29, 1.82) is 0 Å². The molecule has 0 radical (unpaired) electrons. The van der Waals surface area contributed by atoms with Gasteiger partial charge in [-0.1, -0.05) is 0 Å². The molecule has 0 fully saturated rings. The van der Waals surface area contributed by atoms with Crippen molar-refractivity contribution in [3.05, 3.63) is 17.5 Å². The molecule has 1 aliphatic rings. The summed E-state index contributed by atoms with van der Waals surface area (Å²) in [7, 11) is -3.63. The van der Waals surface area contributed by atoms with Gasteiger partial charge in [-0.25, -0.2) is 0 Å². The predicted octanol–water partition coefficient (Wildman–Crippen LogP) is 9.32. The topological polar surface area (TPSA) is 0 Å². The summed E-state index contributed by atoms with van der Waals surface area (Å²) in [6.07, 6.45) is 8.24. The molecule has 0 saturated heterocycles. The third-order valence-electron chi connectivity index (χ3n) is 7.64. The molecule has 1 rings (SSSR count). The third kappa shape index (κ3) is 7.95. The van der Waals surface area contributed by atoms with E-state index in [4.69, 9.17) is 0 Å². The van der Waals surface area contributed by atoms with Gasteiger partial charge in [-0.15, -0.1) is 0 Å². The van der Waals surface area contributed by atoms with Crippen molar-refractivity contribution in [3.63, 3.8) is 0 Å². The molecule has 0 aromatic carbocycles. The molecule has 0 nitrogen and oxygen atoms in total. The van der Waals surface area contributed by atoms with Gasteiger partial charge in [0.1, 0.15) is 0 Å². The van der Waals surface area contributed by atoms with E-state index in [2.05, 4.69) is 107 Å². The van der Waals surface area contributed by atoms with Gasteiger partial charge in [0.25, 0.3) is 0 Å². The molecule has 0 aromatic heterocycles. The van der Waals surface area contributed by atoms with Gasteiger partial charge in [-0.3, -0.25) is 0 Å². The summed E-state index contributed by atoms with van der Waals surface area (Å²) >= 11 is -2.76. The maximum atomic E-state index is 3.96. The van der Waals surface area contributed by atoms with Crippen LogP contribution in [0.15, 0.2) is 17.5 Å². The fraction of sp³-hybridized carbons (Fsp3) is 0.733. The standard InChI is InChI=1S/C28H49BSi2.2CH3.Sn/c1-12-27(23-30(8,9)21-17-15-19-25(4)5)28(29(13-2)14-3)24-31(10,11)22-18-16-20-26(6)7;;;/h25-26H,12-16,19-20H2,1-11H3;2*1H3;. The Labute approximate surface area is 221 Å². The van der Waals surface area contributed by atoms with Crippen LogP contribution < -0.4 is 0 Å². The van der Waals surface area contributed by atoms with Crippen LogP contribution in [0.1, 0.15) is 80.6 Å². The zero-order valence-corrected chi connectivity index (χ0v) is 30.0. The molecule has 0 unspecified atom stereocenters. The van der Waals surface area contributed by atoms with Crippen molar-refractivity contribution in [2.45, 2.75) is 129 Å². The van der Waals surface area contributed by atoms with E-state index in [0.717, 1.165) is 24.7 Å². The Bertz CT molecular complexity index is 878. The molecule has 4 heteroatoms. The average molecular weight is 601 g/mol. The van der Waals surface area contributed by atoms with Gasteiger partial charge in [0, 0.05) is 0 Å². The molecule has 0 aromatic rings. The van der Waals surface area contributed by atoms with E-state index in [1.807, 2.05) is 11.9 Å². The molecule has 0 saturated carbocycles. The van der Waals surface area contributed by atoms with E-state index in [1.165, 1.54) is 31.9 Å². The zero-order chi connectivity index (χ0) is 26.3.